The monoisotopic (exact) mass is 429 g/mol. The van der Waals surface area contributed by atoms with Crippen LogP contribution < -0.4 is 14.2 Å². The zero-order valence-corrected chi connectivity index (χ0v) is 17.7. The molecule has 0 amide bonds. The summed E-state index contributed by atoms with van der Waals surface area (Å²) in [7, 11) is 0. The Bertz CT molecular complexity index is 1220. The first-order valence-corrected chi connectivity index (χ1v) is 10.2. The van der Waals surface area contributed by atoms with Gasteiger partial charge in [0, 0.05) is 10.9 Å². The van der Waals surface area contributed by atoms with Crippen molar-refractivity contribution in [3.63, 3.8) is 0 Å². The second-order valence-electron chi connectivity index (χ2n) is 7.29. The smallest absolute Gasteiger partial charge is 0.341 e. The van der Waals surface area contributed by atoms with Gasteiger partial charge < -0.3 is 19.3 Å². The van der Waals surface area contributed by atoms with Crippen LogP contribution in [0, 0.1) is 6.92 Å². The summed E-state index contributed by atoms with van der Waals surface area (Å²) in [6, 6.07) is 24.9. The zero-order chi connectivity index (χ0) is 22.3. The zero-order valence-electron chi connectivity index (χ0n) is 17.7. The fraction of sp³-hybridized carbons (Fsp3) is 0.154. The minimum absolute atomic E-state index is 0.262. The molecule has 0 aliphatic heterocycles. The highest BCUT2D eigenvalue weighted by Crippen LogP contribution is 2.26. The van der Waals surface area contributed by atoms with E-state index >= 15 is 0 Å². The normalized spacial score (nSPS) is 10.7. The predicted octanol–water partition coefficient (Wildman–Crippen LogP) is 5.16. The standard InChI is InChI=1S/C26H23NO5/c1-18-5-4-7-20(26(18)32-17-25(28)29)15-30-22-11-13-23(14-12-22)31-16-21-10-9-19-6-2-3-8-24(19)27-21/h2-14H,15-17H2,1H3,(H,28,29). The van der Waals surface area contributed by atoms with Crippen LogP contribution in [0.3, 0.4) is 0 Å². The summed E-state index contributed by atoms with van der Waals surface area (Å²) in [6.07, 6.45) is 0. The topological polar surface area (TPSA) is 77.9 Å². The molecule has 32 heavy (non-hydrogen) atoms. The number of pyridine rings is 1. The van der Waals surface area contributed by atoms with Gasteiger partial charge in [0.05, 0.1) is 11.2 Å². The van der Waals surface area contributed by atoms with Crippen LogP contribution in [0.15, 0.2) is 78.9 Å². The molecule has 1 aromatic heterocycles. The van der Waals surface area contributed by atoms with E-state index in [-0.39, 0.29) is 6.61 Å². The Morgan fingerprint density at radius 1 is 0.812 bits per heavy atom. The molecule has 162 valence electrons. The van der Waals surface area contributed by atoms with Gasteiger partial charge in [0.2, 0.25) is 0 Å². The number of para-hydroxylation sites is 2. The number of ether oxygens (including phenoxy) is 3. The van der Waals surface area contributed by atoms with Crippen molar-refractivity contribution in [2.75, 3.05) is 6.61 Å². The highest BCUT2D eigenvalue weighted by atomic mass is 16.5. The number of hydrogen-bond donors (Lipinski definition) is 1. The molecule has 0 unspecified atom stereocenters. The van der Waals surface area contributed by atoms with E-state index in [4.69, 9.17) is 19.3 Å². The first-order valence-electron chi connectivity index (χ1n) is 10.2. The summed E-state index contributed by atoms with van der Waals surface area (Å²) in [4.78, 5) is 15.4. The number of aliphatic carboxylic acids is 1. The van der Waals surface area contributed by atoms with Crippen molar-refractivity contribution in [2.24, 2.45) is 0 Å². The van der Waals surface area contributed by atoms with Crippen LogP contribution in [0.5, 0.6) is 17.2 Å². The van der Waals surface area contributed by atoms with E-state index in [1.54, 1.807) is 0 Å². The van der Waals surface area contributed by atoms with Crippen LogP contribution in [-0.2, 0) is 18.0 Å². The third-order valence-electron chi connectivity index (χ3n) is 4.89. The van der Waals surface area contributed by atoms with Gasteiger partial charge in [-0.3, -0.25) is 0 Å². The molecule has 1 N–H and O–H groups in total. The Morgan fingerprint density at radius 3 is 2.28 bits per heavy atom. The maximum absolute atomic E-state index is 10.8. The van der Waals surface area contributed by atoms with E-state index in [0.717, 1.165) is 27.7 Å². The van der Waals surface area contributed by atoms with Gasteiger partial charge in [0.15, 0.2) is 6.61 Å². The molecule has 0 saturated heterocycles. The van der Waals surface area contributed by atoms with Gasteiger partial charge in [-0.15, -0.1) is 0 Å². The molecule has 0 atom stereocenters. The van der Waals surface area contributed by atoms with Crippen molar-refractivity contribution in [2.45, 2.75) is 20.1 Å². The second kappa shape index (κ2) is 9.83. The molecule has 0 fully saturated rings. The van der Waals surface area contributed by atoms with Crippen LogP contribution in [-0.4, -0.2) is 22.7 Å². The highest BCUT2D eigenvalue weighted by molar-refractivity contribution is 5.78. The Balaban J connectivity index is 1.35. The maximum atomic E-state index is 10.8. The van der Waals surface area contributed by atoms with Gasteiger partial charge in [-0.2, -0.15) is 0 Å². The summed E-state index contributed by atoms with van der Waals surface area (Å²) < 4.78 is 17.2. The molecular formula is C26H23NO5. The lowest BCUT2D eigenvalue weighted by molar-refractivity contribution is -0.139. The van der Waals surface area contributed by atoms with E-state index in [1.165, 1.54) is 0 Å². The largest absolute Gasteiger partial charge is 0.489 e. The van der Waals surface area contributed by atoms with Crippen molar-refractivity contribution < 1.29 is 24.1 Å². The molecule has 0 bridgehead atoms. The minimum atomic E-state index is -1.02. The van der Waals surface area contributed by atoms with E-state index in [1.807, 2.05) is 85.8 Å². The summed E-state index contributed by atoms with van der Waals surface area (Å²) in [6.45, 7) is 2.11. The van der Waals surface area contributed by atoms with Crippen LogP contribution in [0.25, 0.3) is 10.9 Å². The van der Waals surface area contributed by atoms with Crippen molar-refractivity contribution in [3.05, 3.63) is 95.7 Å². The number of carboxylic acid groups (broad SMARTS) is 1. The minimum Gasteiger partial charge on any atom is -0.489 e. The van der Waals surface area contributed by atoms with Gasteiger partial charge in [-0.05, 0) is 48.9 Å². The van der Waals surface area contributed by atoms with E-state index < -0.39 is 12.6 Å². The second-order valence-corrected chi connectivity index (χ2v) is 7.29. The maximum Gasteiger partial charge on any atom is 0.341 e. The summed E-state index contributed by atoms with van der Waals surface area (Å²) in [5.74, 6) is 0.910. The quantitative estimate of drug-likeness (QED) is 0.396. The average molecular weight is 429 g/mol. The Kier molecular flexibility index (Phi) is 6.51. The van der Waals surface area contributed by atoms with Crippen molar-refractivity contribution in [3.8, 4) is 17.2 Å². The average Bonchev–Trinajstić information content (AvgIpc) is 2.81. The summed E-state index contributed by atoms with van der Waals surface area (Å²) in [5, 5.41) is 9.98. The van der Waals surface area contributed by atoms with Crippen LogP contribution >= 0.6 is 0 Å². The first-order chi connectivity index (χ1) is 15.6. The number of fused-ring (bicyclic) bond motifs is 1. The third kappa shape index (κ3) is 5.35. The van der Waals surface area contributed by atoms with Crippen molar-refractivity contribution in [1.82, 2.24) is 4.98 Å². The van der Waals surface area contributed by atoms with Gasteiger partial charge in [0.25, 0.3) is 0 Å². The van der Waals surface area contributed by atoms with Crippen molar-refractivity contribution >= 4 is 16.9 Å². The number of aromatic nitrogens is 1. The molecule has 4 aromatic rings. The molecule has 0 aliphatic rings. The Labute approximate surface area is 186 Å². The van der Waals surface area contributed by atoms with E-state index in [0.29, 0.717) is 23.9 Å². The number of aryl methyl sites for hydroxylation is 1. The molecule has 0 spiro atoms. The number of benzene rings is 3. The number of carboxylic acids is 1. The molecule has 1 heterocycles. The number of carbonyl (C=O) groups is 1. The molecule has 6 nitrogen and oxygen atoms in total. The van der Waals surface area contributed by atoms with Crippen LogP contribution in [0.2, 0.25) is 0 Å². The van der Waals surface area contributed by atoms with Gasteiger partial charge >= 0.3 is 5.97 Å². The predicted molar refractivity (Wildman–Crippen MR) is 121 cm³/mol. The molecular weight excluding hydrogens is 406 g/mol. The number of hydrogen-bond acceptors (Lipinski definition) is 5. The van der Waals surface area contributed by atoms with E-state index in [2.05, 4.69) is 4.98 Å². The fourth-order valence-electron chi connectivity index (χ4n) is 3.31. The highest BCUT2D eigenvalue weighted by Gasteiger charge is 2.10. The van der Waals surface area contributed by atoms with Gasteiger partial charge in [-0.1, -0.05) is 42.5 Å². The van der Waals surface area contributed by atoms with Crippen LogP contribution in [0.4, 0.5) is 0 Å². The van der Waals surface area contributed by atoms with E-state index in [9.17, 15) is 4.79 Å². The summed E-state index contributed by atoms with van der Waals surface area (Å²) >= 11 is 0. The van der Waals surface area contributed by atoms with Gasteiger partial charge in [-0.25, -0.2) is 9.78 Å². The number of rotatable bonds is 9. The lowest BCUT2D eigenvalue weighted by atomic mass is 10.1. The first kappa shape index (κ1) is 21.2. The summed E-state index contributed by atoms with van der Waals surface area (Å²) in [5.41, 5.74) is 3.45. The molecule has 0 saturated carbocycles. The lowest BCUT2D eigenvalue weighted by Gasteiger charge is -2.14. The lowest BCUT2D eigenvalue weighted by Crippen LogP contribution is -2.12. The van der Waals surface area contributed by atoms with Gasteiger partial charge in [0.1, 0.15) is 30.5 Å². The molecule has 3 aromatic carbocycles. The Morgan fingerprint density at radius 2 is 1.53 bits per heavy atom. The molecule has 0 aliphatic carbocycles. The molecule has 4 rings (SSSR count). The van der Waals surface area contributed by atoms with Crippen LogP contribution in [0.1, 0.15) is 16.8 Å². The van der Waals surface area contributed by atoms with Crippen molar-refractivity contribution in [1.29, 1.82) is 0 Å². The molecule has 0 radical (unpaired) electrons. The Hall–Kier alpha value is -4.06. The number of nitrogens with zero attached hydrogens (tertiary/aromatic N) is 1. The third-order valence-corrected chi connectivity index (χ3v) is 4.89. The SMILES string of the molecule is Cc1cccc(COc2ccc(OCc3ccc4ccccc4n3)cc2)c1OCC(=O)O. The fourth-order valence-corrected chi connectivity index (χ4v) is 3.31. The molecule has 6 heteroatoms.